The zero-order valence-corrected chi connectivity index (χ0v) is 28.9. The van der Waals surface area contributed by atoms with Gasteiger partial charge < -0.3 is 4.90 Å². The minimum Gasteiger partial charge on any atom is -0.310 e. The van der Waals surface area contributed by atoms with Gasteiger partial charge in [0.05, 0.1) is 0 Å². The summed E-state index contributed by atoms with van der Waals surface area (Å²) in [6.07, 6.45) is 7.14. The van der Waals surface area contributed by atoms with Gasteiger partial charge in [-0.15, -0.1) is 0 Å². The van der Waals surface area contributed by atoms with Crippen LogP contribution in [0.15, 0.2) is 164 Å². The Balaban J connectivity index is 0.993. The monoisotopic (exact) mass is 655 g/mol. The Bertz CT molecular complexity index is 2390. The lowest BCUT2D eigenvalue weighted by molar-refractivity contribution is -0.0399. The first-order valence-electron chi connectivity index (χ1n) is 19.0. The molecule has 5 aliphatic rings. The minimum absolute atomic E-state index is 0.189. The fourth-order valence-corrected chi connectivity index (χ4v) is 11.3. The van der Waals surface area contributed by atoms with Crippen molar-refractivity contribution in [1.82, 2.24) is 0 Å². The zero-order chi connectivity index (χ0) is 33.5. The van der Waals surface area contributed by atoms with Crippen molar-refractivity contribution < 1.29 is 0 Å². The van der Waals surface area contributed by atoms with Gasteiger partial charge in [0.2, 0.25) is 0 Å². The third-order valence-corrected chi connectivity index (χ3v) is 13.2. The number of hydrogen-bond donors (Lipinski definition) is 0. The highest BCUT2D eigenvalue weighted by Crippen LogP contribution is 2.69. The number of nitrogens with zero attached hydrogens (tertiary/aromatic N) is 1. The van der Waals surface area contributed by atoms with E-state index in [0.29, 0.717) is 0 Å². The Labute approximate surface area is 301 Å². The highest BCUT2D eigenvalue weighted by molar-refractivity contribution is 5.90. The molecule has 0 aliphatic heterocycles. The molecule has 4 fully saturated rings. The lowest BCUT2D eigenvalue weighted by atomic mass is 9.43. The molecule has 7 aromatic carbocycles. The first-order valence-corrected chi connectivity index (χ1v) is 19.0. The molecule has 0 heterocycles. The van der Waals surface area contributed by atoms with Crippen LogP contribution in [0.5, 0.6) is 0 Å². The van der Waals surface area contributed by atoms with Crippen LogP contribution in [-0.2, 0) is 5.41 Å². The second kappa shape index (κ2) is 11.3. The van der Waals surface area contributed by atoms with Gasteiger partial charge in [0.1, 0.15) is 0 Å². The SMILES string of the molecule is c1ccc(-c2ccc(N(c3ccc(-c4ccc5c(c4)C4(c6ccccc6-5)C5CC6CC(C5)CC4C6)cc3)c3ccc4ccccc4c3)cc2)cc1. The van der Waals surface area contributed by atoms with Gasteiger partial charge in [0.25, 0.3) is 0 Å². The van der Waals surface area contributed by atoms with Crippen molar-refractivity contribution in [2.75, 3.05) is 4.90 Å². The maximum atomic E-state index is 2.61. The van der Waals surface area contributed by atoms with Gasteiger partial charge in [0, 0.05) is 22.5 Å². The first-order chi connectivity index (χ1) is 25.2. The minimum atomic E-state index is 0.189. The third-order valence-electron chi connectivity index (χ3n) is 13.2. The molecule has 7 aromatic rings. The molecule has 0 atom stereocenters. The summed E-state index contributed by atoms with van der Waals surface area (Å²) in [4.78, 5) is 2.40. The summed E-state index contributed by atoms with van der Waals surface area (Å²) in [7, 11) is 0. The number of hydrogen-bond acceptors (Lipinski definition) is 1. The largest absolute Gasteiger partial charge is 0.310 e. The summed E-state index contributed by atoms with van der Waals surface area (Å²) < 4.78 is 0. The van der Waals surface area contributed by atoms with Crippen LogP contribution >= 0.6 is 0 Å². The number of anilines is 3. The summed E-state index contributed by atoms with van der Waals surface area (Å²) in [6, 6.07) is 61.3. The van der Waals surface area contributed by atoms with Crippen molar-refractivity contribution in [3.8, 4) is 33.4 Å². The molecule has 1 nitrogen and oxygen atoms in total. The van der Waals surface area contributed by atoms with Gasteiger partial charge in [-0.2, -0.15) is 0 Å². The van der Waals surface area contributed by atoms with Crippen LogP contribution in [0.3, 0.4) is 0 Å². The van der Waals surface area contributed by atoms with Crippen LogP contribution in [0.4, 0.5) is 17.1 Å². The molecule has 4 saturated carbocycles. The van der Waals surface area contributed by atoms with Crippen LogP contribution in [0.25, 0.3) is 44.2 Å². The lowest BCUT2D eigenvalue weighted by Gasteiger charge is -2.61. The maximum absolute atomic E-state index is 2.61. The average molecular weight is 656 g/mol. The summed E-state index contributed by atoms with van der Waals surface area (Å²) >= 11 is 0. The normalized spacial score (nSPS) is 23.8. The smallest absolute Gasteiger partial charge is 0.0468 e. The van der Waals surface area contributed by atoms with Crippen LogP contribution < -0.4 is 4.90 Å². The fourth-order valence-electron chi connectivity index (χ4n) is 11.3. The summed E-state index contributed by atoms with van der Waals surface area (Å²) in [6.45, 7) is 0. The van der Waals surface area contributed by atoms with E-state index < -0.39 is 0 Å². The van der Waals surface area contributed by atoms with Crippen molar-refractivity contribution in [2.24, 2.45) is 23.7 Å². The van der Waals surface area contributed by atoms with Crippen LogP contribution in [-0.4, -0.2) is 0 Å². The summed E-state index contributed by atoms with van der Waals surface area (Å²) in [5.74, 6) is 3.45. The van der Waals surface area contributed by atoms with Gasteiger partial charge in [-0.25, -0.2) is 0 Å². The van der Waals surface area contributed by atoms with E-state index in [2.05, 4.69) is 169 Å². The standard InChI is InChI=1S/C50H41N/c1-2-8-35(9-3-1)37-14-20-43(21-15-37)51(45-24-18-36-10-4-5-11-39(36)31-45)44-22-16-38(17-23-44)40-19-25-47-46-12-6-7-13-48(46)50(49(47)32-40)41-27-33-26-34(29-41)30-42(50)28-33/h1-25,31-34,41-42H,26-30H2. The van der Waals surface area contributed by atoms with Crippen molar-refractivity contribution in [3.05, 3.63) is 175 Å². The molecule has 1 heteroatoms. The molecule has 5 aliphatic carbocycles. The predicted octanol–water partition coefficient (Wildman–Crippen LogP) is 13.4. The van der Waals surface area contributed by atoms with E-state index in [1.807, 2.05) is 0 Å². The van der Waals surface area contributed by atoms with Crippen LogP contribution in [0, 0.1) is 23.7 Å². The van der Waals surface area contributed by atoms with Crippen molar-refractivity contribution in [3.63, 3.8) is 0 Å². The van der Waals surface area contributed by atoms with E-state index in [1.54, 1.807) is 11.1 Å². The van der Waals surface area contributed by atoms with E-state index >= 15 is 0 Å². The van der Waals surface area contributed by atoms with Crippen molar-refractivity contribution >= 4 is 27.8 Å². The molecule has 1 spiro atoms. The molecule has 12 rings (SSSR count). The Kier molecular flexibility index (Phi) is 6.50. The number of rotatable bonds is 5. The van der Waals surface area contributed by atoms with Gasteiger partial charge in [-0.05, 0) is 154 Å². The molecular weight excluding hydrogens is 615 g/mol. The molecule has 246 valence electrons. The predicted molar refractivity (Wildman–Crippen MR) is 213 cm³/mol. The summed E-state index contributed by atoms with van der Waals surface area (Å²) in [5.41, 5.74) is 15.0. The fraction of sp³-hybridized carbons (Fsp3) is 0.200. The highest BCUT2D eigenvalue weighted by Gasteiger charge is 2.61. The lowest BCUT2D eigenvalue weighted by Crippen LogP contribution is -2.55. The van der Waals surface area contributed by atoms with E-state index in [-0.39, 0.29) is 5.41 Å². The quantitative estimate of drug-likeness (QED) is 0.178. The molecule has 0 aromatic heterocycles. The van der Waals surface area contributed by atoms with Gasteiger partial charge in [-0.1, -0.05) is 121 Å². The highest BCUT2D eigenvalue weighted by atomic mass is 15.1. The van der Waals surface area contributed by atoms with Gasteiger partial charge in [-0.3, -0.25) is 0 Å². The van der Waals surface area contributed by atoms with Gasteiger partial charge in [0.15, 0.2) is 0 Å². The Morgan fingerprint density at radius 2 is 0.902 bits per heavy atom. The van der Waals surface area contributed by atoms with E-state index in [1.165, 1.54) is 76.3 Å². The zero-order valence-electron chi connectivity index (χ0n) is 28.9. The molecule has 0 amide bonds. The molecule has 0 saturated heterocycles. The molecule has 0 radical (unpaired) electrons. The third kappa shape index (κ3) is 4.47. The molecular formula is C50H41N. The van der Waals surface area contributed by atoms with Crippen LogP contribution in [0.1, 0.15) is 43.2 Å². The van der Waals surface area contributed by atoms with Crippen molar-refractivity contribution in [1.29, 1.82) is 0 Å². The number of fused-ring (bicyclic) bond motifs is 4. The molecule has 51 heavy (non-hydrogen) atoms. The molecule has 0 N–H and O–H groups in total. The number of benzene rings is 7. The maximum Gasteiger partial charge on any atom is 0.0468 e. The topological polar surface area (TPSA) is 3.24 Å². The first kappa shape index (κ1) is 29.3. The van der Waals surface area contributed by atoms with Gasteiger partial charge >= 0.3 is 0 Å². The second-order valence-electron chi connectivity index (χ2n) is 15.8. The average Bonchev–Trinajstić information content (AvgIpc) is 3.48. The molecule has 4 bridgehead atoms. The Hall–Kier alpha value is -5.40. The van der Waals surface area contributed by atoms with E-state index in [4.69, 9.17) is 0 Å². The van der Waals surface area contributed by atoms with E-state index in [0.717, 1.165) is 40.7 Å². The molecule has 0 unspecified atom stereocenters. The van der Waals surface area contributed by atoms with Crippen LogP contribution in [0.2, 0.25) is 0 Å². The summed E-state index contributed by atoms with van der Waals surface area (Å²) in [5, 5.41) is 2.50. The Morgan fingerprint density at radius 3 is 1.61 bits per heavy atom. The van der Waals surface area contributed by atoms with Crippen molar-refractivity contribution in [2.45, 2.75) is 37.5 Å². The van der Waals surface area contributed by atoms with E-state index in [9.17, 15) is 0 Å². The second-order valence-corrected chi connectivity index (χ2v) is 15.8. The Morgan fingerprint density at radius 1 is 0.373 bits per heavy atom.